The fourth-order valence-electron chi connectivity index (χ4n) is 5.92. The van der Waals surface area contributed by atoms with Gasteiger partial charge < -0.3 is 28.4 Å². The average molecular weight is 661 g/mol. The highest BCUT2D eigenvalue weighted by Crippen LogP contribution is 2.37. The predicted octanol–water partition coefficient (Wildman–Crippen LogP) is 6.38. The Morgan fingerprint density at radius 3 is 1.26 bits per heavy atom. The number of ether oxygens (including phenoxy) is 6. The third-order valence-corrected chi connectivity index (χ3v) is 8.41. The number of benzene rings is 2. The zero-order valence-corrected chi connectivity index (χ0v) is 26.9. The minimum atomic E-state index is -1.08. The molecule has 0 N–H and O–H groups in total. The quantitative estimate of drug-likeness (QED) is 0.157. The summed E-state index contributed by atoms with van der Waals surface area (Å²) < 4.78 is 31.2. The number of hydrogen-bond acceptors (Lipinski definition) is 14. The summed E-state index contributed by atoms with van der Waals surface area (Å²) in [5, 5.41) is 0. The zero-order chi connectivity index (χ0) is 33.8. The molecule has 256 valence electrons. The molecular weight excluding hydrogens is 620 g/mol. The van der Waals surface area contributed by atoms with Crippen molar-refractivity contribution < 1.29 is 67.1 Å². The van der Waals surface area contributed by atoms with E-state index in [0.29, 0.717) is 49.0 Å². The third-order valence-electron chi connectivity index (χ3n) is 8.41. The van der Waals surface area contributed by atoms with Crippen LogP contribution in [0.15, 0.2) is 36.4 Å². The van der Waals surface area contributed by atoms with Gasteiger partial charge in [-0.25, -0.2) is 29.1 Å². The Hall–Kier alpha value is -4.88. The van der Waals surface area contributed by atoms with E-state index >= 15 is 0 Å². The summed E-state index contributed by atoms with van der Waals surface area (Å²) in [7, 11) is 5.75. The number of methoxy groups -OCH3 is 4. The van der Waals surface area contributed by atoms with Gasteiger partial charge in [0.15, 0.2) is 0 Å². The van der Waals surface area contributed by atoms with Gasteiger partial charge in [-0.3, -0.25) is 0 Å². The molecule has 0 amide bonds. The standard InChI is InChI=1S/C33H40O14/c1-38-24-13-15-26(28(18-24)40-3)30(34)44-46-32(36)42-22-9-5-20(6-10-22)17-21-7-11-23(12-8-21)43-33(37)47-45-31(35)27-16-14-25(39-2)19-29(27)41-4/h13-16,18-23H,5-12,17H2,1-4H3. The largest absolute Gasteiger partial charge is 0.550 e. The van der Waals surface area contributed by atoms with Crippen LogP contribution < -0.4 is 18.9 Å². The summed E-state index contributed by atoms with van der Waals surface area (Å²) in [5.74, 6) is 0.540. The van der Waals surface area contributed by atoms with Gasteiger partial charge in [0.1, 0.15) is 46.3 Å². The first-order valence-corrected chi connectivity index (χ1v) is 15.4. The molecule has 14 heteroatoms. The van der Waals surface area contributed by atoms with Crippen LogP contribution in [0.1, 0.15) is 78.5 Å². The molecular formula is C33H40O14. The van der Waals surface area contributed by atoms with Crippen LogP contribution in [0.4, 0.5) is 9.59 Å². The fraction of sp³-hybridized carbons (Fsp3) is 0.515. The molecule has 0 aromatic heterocycles. The predicted molar refractivity (Wildman–Crippen MR) is 161 cm³/mol. The normalized spacial score (nSPS) is 20.5. The second kappa shape index (κ2) is 17.2. The Morgan fingerprint density at radius 2 is 0.915 bits per heavy atom. The summed E-state index contributed by atoms with van der Waals surface area (Å²) in [6.45, 7) is 0. The van der Waals surface area contributed by atoms with Crippen molar-refractivity contribution in [1.82, 2.24) is 0 Å². The molecule has 0 aliphatic heterocycles. The topological polar surface area (TPSA) is 161 Å². The summed E-state index contributed by atoms with van der Waals surface area (Å²) in [6, 6.07) is 8.99. The Kier molecular flexibility index (Phi) is 12.8. The number of rotatable bonds is 10. The van der Waals surface area contributed by atoms with Crippen molar-refractivity contribution in [2.75, 3.05) is 28.4 Å². The minimum Gasteiger partial charge on any atom is -0.497 e. The highest BCUT2D eigenvalue weighted by Gasteiger charge is 2.31. The highest BCUT2D eigenvalue weighted by atomic mass is 17.2. The Bertz CT molecular complexity index is 1270. The minimum absolute atomic E-state index is 0.0646. The molecule has 2 saturated carbocycles. The lowest BCUT2D eigenvalue weighted by Gasteiger charge is -2.33. The van der Waals surface area contributed by atoms with Crippen molar-refractivity contribution in [1.29, 1.82) is 0 Å². The van der Waals surface area contributed by atoms with Crippen LogP contribution in [0.5, 0.6) is 23.0 Å². The molecule has 0 heterocycles. The van der Waals surface area contributed by atoms with Gasteiger partial charge in [0, 0.05) is 12.1 Å². The molecule has 2 aliphatic carbocycles. The van der Waals surface area contributed by atoms with E-state index in [4.69, 9.17) is 28.4 Å². The molecule has 4 rings (SSSR count). The first kappa shape index (κ1) is 35.0. The van der Waals surface area contributed by atoms with Gasteiger partial charge in [-0.2, -0.15) is 9.59 Å². The maximum absolute atomic E-state index is 12.3. The molecule has 14 nitrogen and oxygen atoms in total. The van der Waals surface area contributed by atoms with Crippen LogP contribution in [-0.2, 0) is 29.0 Å². The lowest BCUT2D eigenvalue weighted by Crippen LogP contribution is -2.28. The van der Waals surface area contributed by atoms with Gasteiger partial charge in [0.05, 0.1) is 28.4 Å². The lowest BCUT2D eigenvalue weighted by molar-refractivity contribution is -0.208. The van der Waals surface area contributed by atoms with Crippen molar-refractivity contribution in [3.05, 3.63) is 47.5 Å². The summed E-state index contributed by atoms with van der Waals surface area (Å²) in [6.07, 6.45) is 4.42. The number of carbonyl (C=O) groups excluding carboxylic acids is 4. The van der Waals surface area contributed by atoms with E-state index in [1.807, 2.05) is 0 Å². The van der Waals surface area contributed by atoms with E-state index in [0.717, 1.165) is 32.1 Å². The molecule has 2 aromatic rings. The molecule has 0 spiro atoms. The van der Waals surface area contributed by atoms with Gasteiger partial charge in [-0.15, -0.1) is 0 Å². The molecule has 0 bridgehead atoms. The third kappa shape index (κ3) is 10.1. The van der Waals surface area contributed by atoms with Crippen LogP contribution >= 0.6 is 0 Å². The molecule has 0 atom stereocenters. The van der Waals surface area contributed by atoms with Crippen molar-refractivity contribution in [3.8, 4) is 23.0 Å². The lowest BCUT2D eigenvalue weighted by atomic mass is 9.76. The van der Waals surface area contributed by atoms with Gasteiger partial charge >= 0.3 is 24.2 Å². The van der Waals surface area contributed by atoms with Crippen LogP contribution in [0.3, 0.4) is 0 Å². The molecule has 47 heavy (non-hydrogen) atoms. The number of carbonyl (C=O) groups is 4. The Labute approximate surface area is 272 Å². The SMILES string of the molecule is COc1ccc(C(=O)OOC(=O)OC2CCC(CC3CCC(OC(=O)OOC(=O)c4ccc(OC)cc4OC)CC3)CC2)c(OC)c1. The van der Waals surface area contributed by atoms with E-state index in [-0.39, 0.29) is 34.8 Å². The Balaban J connectivity index is 1.09. The van der Waals surface area contributed by atoms with Gasteiger partial charge in [0.25, 0.3) is 0 Å². The molecule has 2 aliphatic rings. The van der Waals surface area contributed by atoms with E-state index < -0.39 is 24.2 Å². The monoisotopic (exact) mass is 660 g/mol. The first-order valence-electron chi connectivity index (χ1n) is 15.4. The summed E-state index contributed by atoms with van der Waals surface area (Å²) >= 11 is 0. The van der Waals surface area contributed by atoms with Gasteiger partial charge in [-0.1, -0.05) is 0 Å². The van der Waals surface area contributed by atoms with Crippen molar-refractivity contribution in [2.24, 2.45) is 11.8 Å². The summed E-state index contributed by atoms with van der Waals surface area (Å²) in [4.78, 5) is 67.4. The number of hydrogen-bond donors (Lipinski definition) is 0. The van der Waals surface area contributed by atoms with E-state index in [9.17, 15) is 19.2 Å². The van der Waals surface area contributed by atoms with Crippen molar-refractivity contribution >= 4 is 24.2 Å². The van der Waals surface area contributed by atoms with Gasteiger partial charge in [0.2, 0.25) is 0 Å². The molecule has 0 radical (unpaired) electrons. The maximum atomic E-state index is 12.3. The highest BCUT2D eigenvalue weighted by molar-refractivity contribution is 5.93. The second-order valence-corrected chi connectivity index (χ2v) is 11.3. The van der Waals surface area contributed by atoms with E-state index in [2.05, 4.69) is 19.6 Å². The maximum Gasteiger partial charge on any atom is 0.550 e. The zero-order valence-electron chi connectivity index (χ0n) is 26.9. The van der Waals surface area contributed by atoms with E-state index in [1.54, 1.807) is 12.1 Å². The summed E-state index contributed by atoms with van der Waals surface area (Å²) in [5.41, 5.74) is 0.129. The molecule has 2 aromatic carbocycles. The molecule has 0 unspecified atom stereocenters. The first-order chi connectivity index (χ1) is 22.7. The van der Waals surface area contributed by atoms with E-state index in [1.165, 1.54) is 52.7 Å². The van der Waals surface area contributed by atoms with Crippen molar-refractivity contribution in [3.63, 3.8) is 0 Å². The van der Waals surface area contributed by atoms with Crippen LogP contribution in [0.2, 0.25) is 0 Å². The van der Waals surface area contributed by atoms with Gasteiger partial charge in [-0.05, 0) is 93.9 Å². The fourth-order valence-corrected chi connectivity index (χ4v) is 5.92. The molecule has 2 fully saturated rings. The van der Waals surface area contributed by atoms with Crippen LogP contribution in [-0.4, -0.2) is 64.9 Å². The molecule has 0 saturated heterocycles. The smallest absolute Gasteiger partial charge is 0.497 e. The second-order valence-electron chi connectivity index (χ2n) is 11.3. The van der Waals surface area contributed by atoms with Crippen molar-refractivity contribution in [2.45, 2.75) is 70.0 Å². The Morgan fingerprint density at radius 1 is 0.532 bits per heavy atom. The average Bonchev–Trinajstić information content (AvgIpc) is 3.10. The van der Waals surface area contributed by atoms with Crippen LogP contribution in [0.25, 0.3) is 0 Å². The van der Waals surface area contributed by atoms with Crippen LogP contribution in [0, 0.1) is 11.8 Å².